The first kappa shape index (κ1) is 13.9. The van der Waals surface area contributed by atoms with E-state index in [9.17, 15) is 9.59 Å². The molecule has 1 aliphatic heterocycles. The molecule has 1 heterocycles. The van der Waals surface area contributed by atoms with E-state index < -0.39 is 0 Å². The second kappa shape index (κ2) is 6.13. The number of urea groups is 1. The number of hydrogen-bond donors (Lipinski definition) is 2. The minimum Gasteiger partial charge on any atom is -0.378 e. The van der Waals surface area contributed by atoms with Crippen molar-refractivity contribution in [2.45, 2.75) is 18.9 Å². The average molecular weight is 289 g/mol. The molecule has 1 saturated heterocycles. The zero-order valence-electron chi connectivity index (χ0n) is 11.8. The van der Waals surface area contributed by atoms with Gasteiger partial charge >= 0.3 is 6.03 Å². The molecule has 0 bridgehead atoms. The summed E-state index contributed by atoms with van der Waals surface area (Å²) < 4.78 is 5.25. The standard InChI is InChI=1S/C15H19N3O3/c19-14(18-6-8-21-9-7-18)11-2-1-3-13(10-11)17-15(20)16-12-4-5-12/h1-3,10,12H,4-9H2,(H2,16,17,20). The third-order valence-electron chi connectivity index (χ3n) is 3.58. The summed E-state index contributed by atoms with van der Waals surface area (Å²) >= 11 is 0. The van der Waals surface area contributed by atoms with Crippen LogP contribution in [0.2, 0.25) is 0 Å². The molecule has 2 fully saturated rings. The quantitative estimate of drug-likeness (QED) is 0.884. The number of carbonyl (C=O) groups is 2. The van der Waals surface area contributed by atoms with Crippen molar-refractivity contribution >= 4 is 17.6 Å². The van der Waals surface area contributed by atoms with E-state index in [0.717, 1.165) is 12.8 Å². The molecule has 1 aromatic carbocycles. The van der Waals surface area contributed by atoms with Crippen molar-refractivity contribution in [3.8, 4) is 0 Å². The van der Waals surface area contributed by atoms with Gasteiger partial charge in [-0.05, 0) is 31.0 Å². The lowest BCUT2D eigenvalue weighted by atomic mass is 10.1. The van der Waals surface area contributed by atoms with Gasteiger partial charge in [0, 0.05) is 30.4 Å². The van der Waals surface area contributed by atoms with Crippen LogP contribution in [0, 0.1) is 0 Å². The smallest absolute Gasteiger partial charge is 0.319 e. The van der Waals surface area contributed by atoms with Gasteiger partial charge in [0.1, 0.15) is 0 Å². The molecule has 1 aliphatic carbocycles. The van der Waals surface area contributed by atoms with Gasteiger partial charge < -0.3 is 20.3 Å². The van der Waals surface area contributed by atoms with Crippen LogP contribution in [0.5, 0.6) is 0 Å². The number of carbonyl (C=O) groups excluding carboxylic acids is 2. The van der Waals surface area contributed by atoms with Gasteiger partial charge in [0.2, 0.25) is 0 Å². The first-order valence-corrected chi connectivity index (χ1v) is 7.27. The lowest BCUT2D eigenvalue weighted by Crippen LogP contribution is -2.40. The summed E-state index contributed by atoms with van der Waals surface area (Å²) in [6.07, 6.45) is 2.09. The summed E-state index contributed by atoms with van der Waals surface area (Å²) in [4.78, 5) is 25.8. The van der Waals surface area contributed by atoms with Gasteiger partial charge in [-0.2, -0.15) is 0 Å². The van der Waals surface area contributed by atoms with Crippen LogP contribution in [-0.2, 0) is 4.74 Å². The maximum atomic E-state index is 12.4. The maximum absolute atomic E-state index is 12.4. The average Bonchev–Trinajstić information content (AvgIpc) is 3.31. The highest BCUT2D eigenvalue weighted by atomic mass is 16.5. The maximum Gasteiger partial charge on any atom is 0.319 e. The number of nitrogens with zero attached hydrogens (tertiary/aromatic N) is 1. The van der Waals surface area contributed by atoms with Gasteiger partial charge in [0.15, 0.2) is 0 Å². The van der Waals surface area contributed by atoms with Crippen molar-refractivity contribution in [2.24, 2.45) is 0 Å². The lowest BCUT2D eigenvalue weighted by molar-refractivity contribution is 0.0303. The Hall–Kier alpha value is -2.08. The van der Waals surface area contributed by atoms with E-state index in [1.165, 1.54) is 0 Å². The molecule has 3 rings (SSSR count). The fourth-order valence-corrected chi connectivity index (χ4v) is 2.26. The van der Waals surface area contributed by atoms with Crippen molar-refractivity contribution < 1.29 is 14.3 Å². The molecule has 1 saturated carbocycles. The van der Waals surface area contributed by atoms with Crippen LogP contribution in [0.1, 0.15) is 23.2 Å². The Balaban J connectivity index is 1.63. The molecule has 6 heteroatoms. The highest BCUT2D eigenvalue weighted by Gasteiger charge is 2.23. The largest absolute Gasteiger partial charge is 0.378 e. The third kappa shape index (κ3) is 3.72. The summed E-state index contributed by atoms with van der Waals surface area (Å²) in [5.74, 6) is -0.0236. The highest BCUT2D eigenvalue weighted by Crippen LogP contribution is 2.19. The second-order valence-corrected chi connectivity index (χ2v) is 5.36. The van der Waals surface area contributed by atoms with E-state index in [0.29, 0.717) is 43.6 Å². The number of rotatable bonds is 3. The molecular weight excluding hydrogens is 270 g/mol. The van der Waals surface area contributed by atoms with Gasteiger partial charge in [-0.3, -0.25) is 4.79 Å². The zero-order chi connectivity index (χ0) is 14.7. The van der Waals surface area contributed by atoms with E-state index in [1.54, 1.807) is 29.2 Å². The van der Waals surface area contributed by atoms with Crippen LogP contribution in [0.15, 0.2) is 24.3 Å². The van der Waals surface area contributed by atoms with Crippen LogP contribution in [0.25, 0.3) is 0 Å². The van der Waals surface area contributed by atoms with Gasteiger partial charge in [-0.25, -0.2) is 4.79 Å². The van der Waals surface area contributed by atoms with Crippen molar-refractivity contribution in [1.82, 2.24) is 10.2 Å². The predicted molar refractivity (Wildman–Crippen MR) is 78.3 cm³/mol. The normalized spacial score (nSPS) is 18.2. The van der Waals surface area contributed by atoms with E-state index >= 15 is 0 Å². The number of morpholine rings is 1. The Labute approximate surface area is 123 Å². The van der Waals surface area contributed by atoms with Crippen LogP contribution in [0.4, 0.5) is 10.5 Å². The van der Waals surface area contributed by atoms with Crippen LogP contribution in [0.3, 0.4) is 0 Å². The minimum atomic E-state index is -0.214. The fourth-order valence-electron chi connectivity index (χ4n) is 2.26. The van der Waals surface area contributed by atoms with E-state index in [-0.39, 0.29) is 11.9 Å². The second-order valence-electron chi connectivity index (χ2n) is 5.36. The Morgan fingerprint density at radius 1 is 1.19 bits per heavy atom. The van der Waals surface area contributed by atoms with Crippen molar-refractivity contribution in [3.05, 3.63) is 29.8 Å². The molecular formula is C15H19N3O3. The van der Waals surface area contributed by atoms with E-state index in [4.69, 9.17) is 4.74 Å². The Morgan fingerprint density at radius 2 is 1.95 bits per heavy atom. The number of benzene rings is 1. The summed E-state index contributed by atoms with van der Waals surface area (Å²) in [5.41, 5.74) is 1.22. The van der Waals surface area contributed by atoms with Crippen molar-refractivity contribution in [3.63, 3.8) is 0 Å². The highest BCUT2D eigenvalue weighted by molar-refractivity contribution is 5.97. The fraction of sp³-hybridized carbons (Fsp3) is 0.467. The topological polar surface area (TPSA) is 70.7 Å². The molecule has 0 atom stereocenters. The molecule has 0 unspecified atom stereocenters. The van der Waals surface area contributed by atoms with Gasteiger partial charge in [0.05, 0.1) is 13.2 Å². The molecule has 0 aromatic heterocycles. The number of hydrogen-bond acceptors (Lipinski definition) is 3. The molecule has 3 amide bonds. The van der Waals surface area contributed by atoms with E-state index in [1.807, 2.05) is 0 Å². The molecule has 112 valence electrons. The molecule has 2 N–H and O–H groups in total. The van der Waals surface area contributed by atoms with Crippen molar-refractivity contribution in [2.75, 3.05) is 31.6 Å². The van der Waals surface area contributed by atoms with Gasteiger partial charge in [-0.15, -0.1) is 0 Å². The molecule has 0 spiro atoms. The number of amides is 3. The molecule has 2 aliphatic rings. The summed E-state index contributed by atoms with van der Waals surface area (Å²) in [7, 11) is 0. The zero-order valence-corrected chi connectivity index (χ0v) is 11.8. The van der Waals surface area contributed by atoms with Crippen LogP contribution in [-0.4, -0.2) is 49.2 Å². The first-order valence-electron chi connectivity index (χ1n) is 7.27. The SMILES string of the molecule is O=C(Nc1cccc(C(=O)N2CCOCC2)c1)NC1CC1. The van der Waals surface area contributed by atoms with Gasteiger partial charge in [-0.1, -0.05) is 6.07 Å². The number of anilines is 1. The molecule has 1 aromatic rings. The monoisotopic (exact) mass is 289 g/mol. The van der Waals surface area contributed by atoms with E-state index in [2.05, 4.69) is 10.6 Å². The first-order chi connectivity index (χ1) is 10.2. The predicted octanol–water partition coefficient (Wildman–Crippen LogP) is 1.44. The minimum absolute atomic E-state index is 0.0236. The Morgan fingerprint density at radius 3 is 2.67 bits per heavy atom. The summed E-state index contributed by atoms with van der Waals surface area (Å²) in [6.45, 7) is 2.37. The summed E-state index contributed by atoms with van der Waals surface area (Å²) in [5, 5.41) is 5.62. The Kier molecular flexibility index (Phi) is 4.06. The lowest BCUT2D eigenvalue weighted by Gasteiger charge is -2.27. The number of nitrogens with one attached hydrogen (secondary N) is 2. The Bertz CT molecular complexity index is 537. The van der Waals surface area contributed by atoms with Crippen LogP contribution < -0.4 is 10.6 Å². The number of ether oxygens (including phenoxy) is 1. The van der Waals surface area contributed by atoms with Crippen molar-refractivity contribution in [1.29, 1.82) is 0 Å². The van der Waals surface area contributed by atoms with Crippen LogP contribution >= 0.6 is 0 Å². The molecule has 21 heavy (non-hydrogen) atoms. The third-order valence-corrected chi connectivity index (χ3v) is 3.58. The molecule has 6 nitrogen and oxygen atoms in total. The van der Waals surface area contributed by atoms with Gasteiger partial charge in [0.25, 0.3) is 5.91 Å². The summed E-state index contributed by atoms with van der Waals surface area (Å²) in [6, 6.07) is 7.13. The molecule has 0 radical (unpaired) electrons.